The van der Waals surface area contributed by atoms with Crippen molar-refractivity contribution in [3.8, 4) is 0 Å². The maximum absolute atomic E-state index is 6.18. The molecule has 32 heavy (non-hydrogen) atoms. The van der Waals surface area contributed by atoms with Crippen molar-refractivity contribution in [1.29, 1.82) is 0 Å². The number of para-hydroxylation sites is 1. The summed E-state index contributed by atoms with van der Waals surface area (Å²) in [5, 5.41) is 10.0. The zero-order chi connectivity index (χ0) is 21.1. The predicted molar refractivity (Wildman–Crippen MR) is 132 cm³/mol. The summed E-state index contributed by atoms with van der Waals surface area (Å²) in [6.45, 7) is 0.911. The largest absolute Gasteiger partial charge is 0.456 e. The number of hydrogen-bond donors (Lipinski definition) is 2. The quantitative estimate of drug-likeness (QED) is 0.395. The van der Waals surface area contributed by atoms with Gasteiger partial charge in [-0.15, -0.1) is 11.8 Å². The highest BCUT2D eigenvalue weighted by Gasteiger charge is 2.40. The molecule has 4 nitrogen and oxygen atoms in total. The average molecular weight is 436 g/mol. The van der Waals surface area contributed by atoms with Crippen LogP contribution in [0.4, 0.5) is 0 Å². The lowest BCUT2D eigenvalue weighted by atomic mass is 9.96. The van der Waals surface area contributed by atoms with Gasteiger partial charge in [0.05, 0.1) is 16.0 Å². The fourth-order valence-electron chi connectivity index (χ4n) is 4.92. The minimum Gasteiger partial charge on any atom is -0.456 e. The second-order valence-electron chi connectivity index (χ2n) is 8.39. The first-order chi connectivity index (χ1) is 15.8. The molecule has 156 valence electrons. The van der Waals surface area contributed by atoms with Gasteiger partial charge in [-0.2, -0.15) is 0 Å². The number of aliphatic imine (C=N–C) groups is 1. The summed E-state index contributed by atoms with van der Waals surface area (Å²) in [4.78, 5) is 6.45. The third kappa shape index (κ3) is 2.78. The first-order valence-corrected chi connectivity index (χ1v) is 11.9. The zero-order valence-corrected chi connectivity index (χ0v) is 18.1. The van der Waals surface area contributed by atoms with Gasteiger partial charge in [0.2, 0.25) is 0 Å². The summed E-state index contributed by atoms with van der Waals surface area (Å²) in [5.41, 5.74) is 6.41. The van der Waals surface area contributed by atoms with E-state index in [-0.39, 0.29) is 6.17 Å². The summed E-state index contributed by atoms with van der Waals surface area (Å²) in [7, 11) is 0. The fourth-order valence-corrected chi connectivity index (χ4v) is 6.33. The number of hydrogen-bond acceptors (Lipinski definition) is 5. The van der Waals surface area contributed by atoms with Crippen molar-refractivity contribution in [2.75, 3.05) is 6.54 Å². The van der Waals surface area contributed by atoms with Crippen LogP contribution in [0.3, 0.4) is 0 Å². The molecule has 1 aromatic heterocycles. The van der Waals surface area contributed by atoms with E-state index >= 15 is 0 Å². The molecule has 0 radical (unpaired) electrons. The Morgan fingerprint density at radius 1 is 0.906 bits per heavy atom. The van der Waals surface area contributed by atoms with Crippen molar-refractivity contribution in [2.45, 2.75) is 11.5 Å². The molecule has 0 saturated heterocycles. The van der Waals surface area contributed by atoms with Gasteiger partial charge in [-0.05, 0) is 23.8 Å². The second kappa shape index (κ2) is 7.12. The Morgan fingerprint density at radius 2 is 1.75 bits per heavy atom. The van der Waals surface area contributed by atoms with Gasteiger partial charge in [0, 0.05) is 34.5 Å². The predicted octanol–water partition coefficient (Wildman–Crippen LogP) is 5.74. The van der Waals surface area contributed by atoms with Crippen molar-refractivity contribution in [2.24, 2.45) is 10.9 Å². The molecule has 4 aromatic rings. The minimum atomic E-state index is -0.106. The van der Waals surface area contributed by atoms with Crippen LogP contribution in [0.25, 0.3) is 21.9 Å². The molecule has 3 atom stereocenters. The molecular weight excluding hydrogens is 414 g/mol. The number of fused-ring (bicyclic) bond motifs is 5. The molecule has 0 bridgehead atoms. The number of furan rings is 1. The highest BCUT2D eigenvalue weighted by Crippen LogP contribution is 2.46. The molecule has 3 aromatic carbocycles. The number of thioether (sulfide) groups is 1. The van der Waals surface area contributed by atoms with E-state index < -0.39 is 0 Å². The monoisotopic (exact) mass is 435 g/mol. The first-order valence-electron chi connectivity index (χ1n) is 11.0. The van der Waals surface area contributed by atoms with Crippen LogP contribution in [0.5, 0.6) is 0 Å². The smallest absolute Gasteiger partial charge is 0.145 e. The van der Waals surface area contributed by atoms with E-state index in [1.165, 1.54) is 16.2 Å². The maximum atomic E-state index is 6.18. The Labute approximate surface area is 190 Å². The lowest BCUT2D eigenvalue weighted by molar-refractivity contribution is 0.514. The summed E-state index contributed by atoms with van der Waals surface area (Å²) in [6.07, 6.45) is 4.45. The topological polar surface area (TPSA) is 49.6 Å². The molecule has 5 heteroatoms. The molecular formula is C27H21N3OS. The van der Waals surface area contributed by atoms with Crippen molar-refractivity contribution in [3.05, 3.63) is 107 Å². The van der Waals surface area contributed by atoms with Gasteiger partial charge in [-0.1, -0.05) is 66.7 Å². The van der Waals surface area contributed by atoms with Crippen molar-refractivity contribution >= 4 is 39.4 Å². The lowest BCUT2D eigenvalue weighted by Crippen LogP contribution is -2.37. The van der Waals surface area contributed by atoms with Gasteiger partial charge in [0.15, 0.2) is 0 Å². The molecule has 2 N–H and O–H groups in total. The molecule has 0 amide bonds. The van der Waals surface area contributed by atoms with Crippen LogP contribution < -0.4 is 10.6 Å². The highest BCUT2D eigenvalue weighted by molar-refractivity contribution is 8.04. The van der Waals surface area contributed by atoms with E-state index in [2.05, 4.69) is 77.4 Å². The van der Waals surface area contributed by atoms with Crippen LogP contribution in [-0.4, -0.2) is 17.6 Å². The second-order valence-corrected chi connectivity index (χ2v) is 9.54. The standard InChI is InChI=1S/C27H21N3OS/c1-2-7-16(8-3-1)26-29-23(25-24(30-26)20-10-6-14-28-27(20)32-25)17-12-13-19-18-9-4-5-11-21(18)31-22(19)15-17/h1-13,15,20,26-28,30H,14H2. The molecule has 3 unspecified atom stereocenters. The third-order valence-electron chi connectivity index (χ3n) is 6.46. The summed E-state index contributed by atoms with van der Waals surface area (Å²) < 4.78 is 6.18. The summed E-state index contributed by atoms with van der Waals surface area (Å²) >= 11 is 1.88. The van der Waals surface area contributed by atoms with E-state index in [0.29, 0.717) is 11.3 Å². The number of nitrogens with one attached hydrogen (secondary N) is 2. The zero-order valence-electron chi connectivity index (χ0n) is 17.3. The number of rotatable bonds is 2. The third-order valence-corrected chi connectivity index (χ3v) is 7.83. The van der Waals surface area contributed by atoms with Gasteiger partial charge in [-0.3, -0.25) is 4.99 Å². The Morgan fingerprint density at radius 3 is 2.69 bits per heavy atom. The summed E-state index contributed by atoms with van der Waals surface area (Å²) in [6, 6.07) is 25.2. The van der Waals surface area contributed by atoms with Crippen LogP contribution in [0.15, 0.2) is 105 Å². The Balaban J connectivity index is 1.39. The van der Waals surface area contributed by atoms with Crippen molar-refractivity contribution in [3.63, 3.8) is 0 Å². The van der Waals surface area contributed by atoms with E-state index in [0.717, 1.165) is 39.8 Å². The Bertz CT molecular complexity index is 1450. The van der Waals surface area contributed by atoms with Crippen molar-refractivity contribution < 1.29 is 4.42 Å². The number of nitrogens with zero attached hydrogens (tertiary/aromatic N) is 1. The molecule has 0 saturated carbocycles. The van der Waals surface area contributed by atoms with Crippen LogP contribution in [0.1, 0.15) is 17.3 Å². The first kappa shape index (κ1) is 18.3. The normalized spacial score (nSPS) is 24.4. The number of allylic oxidation sites excluding steroid dienone is 1. The summed E-state index contributed by atoms with van der Waals surface area (Å²) in [5.74, 6) is 0.329. The molecule has 0 aliphatic carbocycles. The Kier molecular flexibility index (Phi) is 4.07. The molecule has 3 aliphatic rings. The van der Waals surface area contributed by atoms with E-state index in [4.69, 9.17) is 9.41 Å². The average Bonchev–Trinajstić information content (AvgIpc) is 3.42. The lowest BCUT2D eigenvalue weighted by Gasteiger charge is -2.28. The molecule has 4 heterocycles. The van der Waals surface area contributed by atoms with Crippen LogP contribution >= 0.6 is 11.8 Å². The SMILES string of the molecule is C1=CC2C3=C(SC2NC1)C(c1ccc2c(c1)oc1ccccc12)=NC(c1ccccc1)N3. The van der Waals surface area contributed by atoms with E-state index in [9.17, 15) is 0 Å². The molecule has 0 spiro atoms. The Hall–Kier alpha value is -3.28. The van der Waals surface area contributed by atoms with Gasteiger partial charge < -0.3 is 15.1 Å². The van der Waals surface area contributed by atoms with Gasteiger partial charge in [0.1, 0.15) is 17.3 Å². The van der Waals surface area contributed by atoms with Gasteiger partial charge in [0.25, 0.3) is 0 Å². The minimum absolute atomic E-state index is 0.106. The van der Waals surface area contributed by atoms with Crippen LogP contribution in [0, 0.1) is 5.92 Å². The molecule has 0 fully saturated rings. The maximum Gasteiger partial charge on any atom is 0.145 e. The molecule has 7 rings (SSSR count). The van der Waals surface area contributed by atoms with Gasteiger partial charge >= 0.3 is 0 Å². The number of benzene rings is 3. The highest BCUT2D eigenvalue weighted by atomic mass is 32.2. The van der Waals surface area contributed by atoms with Crippen LogP contribution in [-0.2, 0) is 0 Å². The van der Waals surface area contributed by atoms with E-state index in [1.807, 2.05) is 30.0 Å². The fraction of sp³-hybridized carbons (Fsp3) is 0.148. The van der Waals surface area contributed by atoms with E-state index in [1.54, 1.807) is 0 Å². The van der Waals surface area contributed by atoms with Crippen molar-refractivity contribution in [1.82, 2.24) is 10.6 Å². The van der Waals surface area contributed by atoms with Crippen LogP contribution in [0.2, 0.25) is 0 Å². The molecule has 3 aliphatic heterocycles. The van der Waals surface area contributed by atoms with Gasteiger partial charge in [-0.25, -0.2) is 0 Å².